The van der Waals surface area contributed by atoms with Gasteiger partial charge in [0.15, 0.2) is 0 Å². The Morgan fingerprint density at radius 3 is 2.80 bits per heavy atom. The molecule has 0 amide bonds. The second-order valence-electron chi connectivity index (χ2n) is 6.68. The normalized spacial score (nSPS) is 15.8. The van der Waals surface area contributed by atoms with Crippen molar-refractivity contribution >= 4 is 27.4 Å². The number of thiophene rings is 1. The fourth-order valence-electron chi connectivity index (χ4n) is 3.44. The highest BCUT2D eigenvalue weighted by Gasteiger charge is 2.22. The quantitative estimate of drug-likeness (QED) is 0.723. The lowest BCUT2D eigenvalue weighted by Crippen LogP contribution is -2.37. The summed E-state index contributed by atoms with van der Waals surface area (Å²) >= 11 is 1.65. The summed E-state index contributed by atoms with van der Waals surface area (Å²) in [6.45, 7) is 6.40. The Morgan fingerprint density at radius 2 is 2.00 bits per heavy atom. The first-order valence-electron chi connectivity index (χ1n) is 8.59. The summed E-state index contributed by atoms with van der Waals surface area (Å²) in [5, 5.41) is 3.20. The fourth-order valence-corrected chi connectivity index (χ4v) is 4.17. The summed E-state index contributed by atoms with van der Waals surface area (Å²) < 4.78 is 1.77. The van der Waals surface area contributed by atoms with E-state index in [9.17, 15) is 4.79 Å². The molecule has 25 heavy (non-hydrogen) atoms. The first kappa shape index (κ1) is 16.2. The van der Waals surface area contributed by atoms with Gasteiger partial charge < -0.3 is 4.90 Å². The number of hydrogen-bond donors (Lipinski definition) is 0. The van der Waals surface area contributed by atoms with Crippen LogP contribution in [-0.2, 0) is 6.54 Å². The number of aryl methyl sites for hydroxylation is 1. The number of nitrogens with zero attached hydrogens (tertiary/aromatic N) is 5. The van der Waals surface area contributed by atoms with Crippen LogP contribution < -0.4 is 10.5 Å². The minimum Gasteiger partial charge on any atom is -0.356 e. The minimum atomic E-state index is 0.0886. The molecule has 1 fully saturated rings. The molecule has 6 nitrogen and oxygen atoms in total. The molecular weight excluding hydrogens is 334 g/mol. The van der Waals surface area contributed by atoms with E-state index < -0.39 is 0 Å². The summed E-state index contributed by atoms with van der Waals surface area (Å²) in [5.74, 6) is 1.53. The Hall–Kier alpha value is -2.28. The van der Waals surface area contributed by atoms with Gasteiger partial charge in [0.05, 0.1) is 11.7 Å². The molecule has 1 saturated heterocycles. The van der Waals surface area contributed by atoms with Crippen LogP contribution in [0.3, 0.4) is 0 Å². The highest BCUT2D eigenvalue weighted by molar-refractivity contribution is 7.16. The summed E-state index contributed by atoms with van der Waals surface area (Å²) in [7, 11) is 0. The molecule has 0 spiro atoms. The van der Waals surface area contributed by atoms with Crippen molar-refractivity contribution in [1.29, 1.82) is 0 Å². The molecule has 0 saturated carbocycles. The summed E-state index contributed by atoms with van der Waals surface area (Å²) in [6, 6.07) is 2.10. The molecule has 0 bridgehead atoms. The third-order valence-electron chi connectivity index (χ3n) is 5.12. The monoisotopic (exact) mass is 355 g/mol. The van der Waals surface area contributed by atoms with E-state index in [1.165, 1.54) is 0 Å². The van der Waals surface area contributed by atoms with Gasteiger partial charge in [0.25, 0.3) is 5.56 Å². The smallest absolute Gasteiger partial charge is 0.256 e. The van der Waals surface area contributed by atoms with Gasteiger partial charge in [0.2, 0.25) is 0 Å². The van der Waals surface area contributed by atoms with Crippen LogP contribution in [0.15, 0.2) is 28.9 Å². The van der Waals surface area contributed by atoms with E-state index >= 15 is 0 Å². The molecule has 0 atom stereocenters. The van der Waals surface area contributed by atoms with Gasteiger partial charge in [-0.3, -0.25) is 9.36 Å². The predicted molar refractivity (Wildman–Crippen MR) is 100 cm³/mol. The number of anilines is 1. The van der Waals surface area contributed by atoms with E-state index in [2.05, 4.69) is 31.3 Å². The topological polar surface area (TPSA) is 63.9 Å². The van der Waals surface area contributed by atoms with Crippen molar-refractivity contribution in [2.75, 3.05) is 18.0 Å². The molecule has 4 rings (SSSR count). The maximum atomic E-state index is 12.4. The average molecular weight is 355 g/mol. The SMILES string of the molecule is Cc1ncn(CC2CCN(c3ncnc4sccc34)CC2)c(=O)c1C. The van der Waals surface area contributed by atoms with Gasteiger partial charge in [-0.05, 0) is 44.1 Å². The van der Waals surface area contributed by atoms with E-state index in [0.29, 0.717) is 5.92 Å². The van der Waals surface area contributed by atoms with E-state index in [0.717, 1.165) is 59.8 Å². The number of piperidine rings is 1. The van der Waals surface area contributed by atoms with Gasteiger partial charge in [-0.25, -0.2) is 15.0 Å². The van der Waals surface area contributed by atoms with Crippen LogP contribution in [0.25, 0.3) is 10.2 Å². The lowest BCUT2D eigenvalue weighted by molar-refractivity contribution is 0.350. The van der Waals surface area contributed by atoms with Crippen LogP contribution >= 0.6 is 11.3 Å². The fraction of sp³-hybridized carbons (Fsp3) is 0.444. The zero-order valence-electron chi connectivity index (χ0n) is 14.5. The van der Waals surface area contributed by atoms with Crippen molar-refractivity contribution in [2.24, 2.45) is 5.92 Å². The molecule has 3 aromatic heterocycles. The van der Waals surface area contributed by atoms with E-state index in [1.807, 2.05) is 13.8 Å². The highest BCUT2D eigenvalue weighted by Crippen LogP contribution is 2.30. The molecule has 0 unspecified atom stereocenters. The zero-order chi connectivity index (χ0) is 17.4. The summed E-state index contributed by atoms with van der Waals surface area (Å²) in [5.41, 5.74) is 1.66. The largest absolute Gasteiger partial charge is 0.356 e. The molecule has 0 aromatic carbocycles. The van der Waals surface area contributed by atoms with Crippen molar-refractivity contribution in [3.8, 4) is 0 Å². The van der Waals surface area contributed by atoms with Crippen LogP contribution in [0.1, 0.15) is 24.1 Å². The van der Waals surface area contributed by atoms with Gasteiger partial charge in [-0.2, -0.15) is 0 Å². The standard InChI is InChI=1S/C18H21N5OS/c1-12-13(2)21-11-23(18(12)24)9-14-3-6-22(7-4-14)16-15-5-8-25-17(15)20-10-19-16/h5,8,10-11,14H,3-4,6-7,9H2,1-2H3. The Labute approximate surface area is 150 Å². The van der Waals surface area contributed by atoms with Crippen molar-refractivity contribution < 1.29 is 0 Å². The molecular formula is C18H21N5OS. The second-order valence-corrected chi connectivity index (χ2v) is 7.57. The zero-order valence-corrected chi connectivity index (χ0v) is 15.3. The number of fused-ring (bicyclic) bond motifs is 1. The molecule has 1 aliphatic rings. The Bertz CT molecular complexity index is 955. The molecule has 130 valence electrons. The number of hydrogen-bond acceptors (Lipinski definition) is 6. The minimum absolute atomic E-state index is 0.0886. The van der Waals surface area contributed by atoms with Gasteiger partial charge >= 0.3 is 0 Å². The van der Waals surface area contributed by atoms with Crippen molar-refractivity contribution in [1.82, 2.24) is 19.5 Å². The van der Waals surface area contributed by atoms with Crippen molar-refractivity contribution in [2.45, 2.75) is 33.2 Å². The second kappa shape index (κ2) is 6.55. The first-order chi connectivity index (χ1) is 12.1. The van der Waals surface area contributed by atoms with Crippen LogP contribution in [0.4, 0.5) is 5.82 Å². The van der Waals surface area contributed by atoms with Gasteiger partial charge in [0, 0.05) is 30.9 Å². The molecule has 3 aromatic rings. The number of aromatic nitrogens is 4. The molecule has 4 heterocycles. The highest BCUT2D eigenvalue weighted by atomic mass is 32.1. The van der Waals surface area contributed by atoms with E-state index in [1.54, 1.807) is 28.6 Å². The summed E-state index contributed by atoms with van der Waals surface area (Å²) in [6.07, 6.45) is 5.45. The van der Waals surface area contributed by atoms with Crippen LogP contribution in [0, 0.1) is 19.8 Å². The first-order valence-corrected chi connectivity index (χ1v) is 9.47. The van der Waals surface area contributed by atoms with Crippen molar-refractivity contribution in [3.63, 3.8) is 0 Å². The lowest BCUT2D eigenvalue weighted by atomic mass is 9.96. The Kier molecular flexibility index (Phi) is 4.25. The van der Waals surface area contributed by atoms with Gasteiger partial charge in [-0.1, -0.05) is 0 Å². The van der Waals surface area contributed by atoms with E-state index in [4.69, 9.17) is 0 Å². The average Bonchev–Trinajstić information content (AvgIpc) is 3.12. The van der Waals surface area contributed by atoms with Crippen LogP contribution in [0.2, 0.25) is 0 Å². The van der Waals surface area contributed by atoms with Gasteiger partial charge in [0.1, 0.15) is 17.0 Å². The maximum absolute atomic E-state index is 12.4. The summed E-state index contributed by atoms with van der Waals surface area (Å²) in [4.78, 5) is 28.9. The van der Waals surface area contributed by atoms with Crippen LogP contribution in [0.5, 0.6) is 0 Å². The molecule has 1 aliphatic heterocycles. The van der Waals surface area contributed by atoms with E-state index in [-0.39, 0.29) is 5.56 Å². The molecule has 0 radical (unpaired) electrons. The Balaban J connectivity index is 1.46. The van der Waals surface area contributed by atoms with Crippen LogP contribution in [-0.4, -0.2) is 32.6 Å². The third-order valence-corrected chi connectivity index (χ3v) is 5.95. The Morgan fingerprint density at radius 1 is 1.20 bits per heavy atom. The molecule has 0 aliphatic carbocycles. The lowest BCUT2D eigenvalue weighted by Gasteiger charge is -2.33. The molecule has 0 N–H and O–H groups in total. The molecule has 7 heteroatoms. The van der Waals surface area contributed by atoms with Gasteiger partial charge in [-0.15, -0.1) is 11.3 Å². The maximum Gasteiger partial charge on any atom is 0.256 e. The van der Waals surface area contributed by atoms with Crippen molar-refractivity contribution in [3.05, 3.63) is 45.7 Å². The third kappa shape index (κ3) is 3.04. The predicted octanol–water partition coefficient (Wildman–Crippen LogP) is 2.78. The number of rotatable bonds is 3.